The quantitative estimate of drug-likeness (QED) is 0.762. The van der Waals surface area contributed by atoms with Gasteiger partial charge in [0.2, 0.25) is 0 Å². The summed E-state index contributed by atoms with van der Waals surface area (Å²) in [5.41, 5.74) is 2.02. The molecule has 0 atom stereocenters. The van der Waals surface area contributed by atoms with E-state index in [9.17, 15) is 4.79 Å². The summed E-state index contributed by atoms with van der Waals surface area (Å²) < 4.78 is 5.25. The van der Waals surface area contributed by atoms with Gasteiger partial charge in [0.1, 0.15) is 12.0 Å². The third-order valence-electron chi connectivity index (χ3n) is 3.43. The Morgan fingerprint density at radius 1 is 1.44 bits per heavy atom. The highest BCUT2D eigenvalue weighted by molar-refractivity contribution is 5.53. The van der Waals surface area contributed by atoms with E-state index in [1.165, 1.54) is 0 Å². The molecule has 1 aliphatic rings. The van der Waals surface area contributed by atoms with Gasteiger partial charge in [-0.15, -0.1) is 0 Å². The fraction of sp³-hybridized carbons (Fsp3) is 0.571. The van der Waals surface area contributed by atoms with Gasteiger partial charge >= 0.3 is 0 Å². The highest BCUT2D eigenvalue weighted by Crippen LogP contribution is 2.19. The second kappa shape index (κ2) is 5.96. The zero-order valence-electron chi connectivity index (χ0n) is 11.1. The van der Waals surface area contributed by atoms with Crippen LogP contribution in [0.3, 0.4) is 0 Å². The summed E-state index contributed by atoms with van der Waals surface area (Å²) >= 11 is 0. The van der Waals surface area contributed by atoms with E-state index in [-0.39, 0.29) is 5.92 Å². The second-order valence-electron chi connectivity index (χ2n) is 4.89. The lowest BCUT2D eigenvalue weighted by Gasteiger charge is -2.29. The first-order valence-electron chi connectivity index (χ1n) is 6.40. The molecule has 0 spiro atoms. The maximum Gasteiger partial charge on any atom is 0.123 e. The van der Waals surface area contributed by atoms with Crippen LogP contribution in [-0.4, -0.2) is 36.4 Å². The van der Waals surface area contributed by atoms with E-state index in [4.69, 9.17) is 4.74 Å². The maximum atomic E-state index is 10.7. The van der Waals surface area contributed by atoms with E-state index in [0.29, 0.717) is 0 Å². The van der Waals surface area contributed by atoms with Crippen LogP contribution in [0.25, 0.3) is 0 Å². The minimum Gasteiger partial charge on any atom is -0.497 e. The van der Waals surface area contributed by atoms with E-state index in [2.05, 4.69) is 9.88 Å². The van der Waals surface area contributed by atoms with Gasteiger partial charge in [0.15, 0.2) is 0 Å². The first-order valence-corrected chi connectivity index (χ1v) is 6.40. The van der Waals surface area contributed by atoms with Crippen LogP contribution in [0.2, 0.25) is 0 Å². The first-order chi connectivity index (χ1) is 8.71. The lowest BCUT2D eigenvalue weighted by molar-refractivity contribution is -0.112. The Morgan fingerprint density at radius 3 is 2.78 bits per heavy atom. The van der Waals surface area contributed by atoms with Crippen LogP contribution in [0.5, 0.6) is 5.75 Å². The molecule has 1 aromatic heterocycles. The molecule has 1 saturated heterocycles. The Labute approximate surface area is 108 Å². The van der Waals surface area contributed by atoms with Gasteiger partial charge in [-0.1, -0.05) is 0 Å². The van der Waals surface area contributed by atoms with Crippen molar-refractivity contribution in [2.24, 2.45) is 5.92 Å². The van der Waals surface area contributed by atoms with Crippen molar-refractivity contribution in [3.8, 4) is 5.75 Å². The number of pyridine rings is 1. The number of methoxy groups -OCH3 is 1. The van der Waals surface area contributed by atoms with Crippen molar-refractivity contribution < 1.29 is 9.53 Å². The number of carbonyl (C=O) groups excluding carboxylic acids is 1. The van der Waals surface area contributed by atoms with E-state index in [1.807, 2.05) is 19.1 Å². The number of likely N-dealkylation sites (tertiary alicyclic amines) is 1. The number of nitrogens with zero attached hydrogens (tertiary/aromatic N) is 2. The van der Waals surface area contributed by atoms with Crippen molar-refractivity contribution in [2.75, 3.05) is 20.2 Å². The van der Waals surface area contributed by atoms with Crippen molar-refractivity contribution in [3.63, 3.8) is 0 Å². The molecule has 2 rings (SSSR count). The molecule has 4 nitrogen and oxygen atoms in total. The number of aromatic nitrogens is 1. The Bertz CT molecular complexity index is 412. The number of ether oxygens (including phenoxy) is 1. The molecule has 0 unspecified atom stereocenters. The van der Waals surface area contributed by atoms with Crippen molar-refractivity contribution in [1.82, 2.24) is 9.88 Å². The summed E-state index contributed by atoms with van der Waals surface area (Å²) in [6.07, 6.45) is 3.02. The Hall–Kier alpha value is -1.42. The normalized spacial score (nSPS) is 17.7. The fourth-order valence-corrected chi connectivity index (χ4v) is 2.38. The van der Waals surface area contributed by atoms with Crippen LogP contribution in [0.4, 0.5) is 0 Å². The van der Waals surface area contributed by atoms with E-state index < -0.39 is 0 Å². The van der Waals surface area contributed by atoms with Gasteiger partial charge in [0.05, 0.1) is 12.8 Å². The Balaban J connectivity index is 1.97. The van der Waals surface area contributed by atoms with Gasteiger partial charge in [-0.3, -0.25) is 9.88 Å². The zero-order valence-corrected chi connectivity index (χ0v) is 11.1. The standard InChI is InChI=1S/C14H20N2O2/c1-11-7-14(18-2)8-13(15-11)9-16-5-3-12(10-17)4-6-16/h7-8,10,12H,3-6,9H2,1-2H3. The number of hydrogen-bond donors (Lipinski definition) is 0. The average Bonchev–Trinajstić information content (AvgIpc) is 2.39. The molecular weight excluding hydrogens is 228 g/mol. The number of hydrogen-bond acceptors (Lipinski definition) is 4. The molecule has 2 heterocycles. The Morgan fingerprint density at radius 2 is 2.17 bits per heavy atom. The summed E-state index contributed by atoms with van der Waals surface area (Å²) in [6.45, 7) is 4.76. The third kappa shape index (κ3) is 3.29. The average molecular weight is 248 g/mol. The predicted molar refractivity (Wildman–Crippen MR) is 69.6 cm³/mol. The molecule has 0 amide bonds. The lowest BCUT2D eigenvalue weighted by atomic mass is 9.98. The molecule has 1 fully saturated rings. The maximum absolute atomic E-state index is 10.7. The second-order valence-corrected chi connectivity index (χ2v) is 4.89. The highest BCUT2D eigenvalue weighted by atomic mass is 16.5. The fourth-order valence-electron chi connectivity index (χ4n) is 2.38. The minimum atomic E-state index is 0.251. The van der Waals surface area contributed by atoms with Gasteiger partial charge in [-0.2, -0.15) is 0 Å². The molecule has 0 saturated carbocycles. The largest absolute Gasteiger partial charge is 0.497 e. The summed E-state index contributed by atoms with van der Waals surface area (Å²) in [5, 5.41) is 0. The molecule has 0 radical (unpaired) electrons. The van der Waals surface area contributed by atoms with Crippen LogP contribution in [0.15, 0.2) is 12.1 Å². The van der Waals surface area contributed by atoms with Crippen LogP contribution in [0, 0.1) is 12.8 Å². The molecule has 0 N–H and O–H groups in total. The third-order valence-corrected chi connectivity index (χ3v) is 3.43. The number of rotatable bonds is 4. The predicted octanol–water partition coefficient (Wildman–Crippen LogP) is 1.81. The van der Waals surface area contributed by atoms with Crippen molar-refractivity contribution in [2.45, 2.75) is 26.3 Å². The highest BCUT2D eigenvalue weighted by Gasteiger charge is 2.19. The summed E-state index contributed by atoms with van der Waals surface area (Å²) in [4.78, 5) is 17.6. The lowest BCUT2D eigenvalue weighted by Crippen LogP contribution is -2.33. The van der Waals surface area contributed by atoms with Gasteiger partial charge in [-0.05, 0) is 32.9 Å². The SMILES string of the molecule is COc1cc(C)nc(CN2CCC(C=O)CC2)c1. The van der Waals surface area contributed by atoms with Crippen molar-refractivity contribution in [3.05, 3.63) is 23.5 Å². The molecule has 98 valence electrons. The summed E-state index contributed by atoms with van der Waals surface area (Å²) in [6, 6.07) is 3.92. The molecule has 1 aromatic rings. The monoisotopic (exact) mass is 248 g/mol. The minimum absolute atomic E-state index is 0.251. The number of piperidine rings is 1. The topological polar surface area (TPSA) is 42.4 Å². The first kappa shape index (κ1) is 13.0. The van der Waals surface area contributed by atoms with Crippen LogP contribution < -0.4 is 4.74 Å². The number of aldehydes is 1. The van der Waals surface area contributed by atoms with Crippen molar-refractivity contribution >= 4 is 6.29 Å². The van der Waals surface area contributed by atoms with E-state index in [1.54, 1.807) is 7.11 Å². The van der Waals surface area contributed by atoms with Crippen LogP contribution >= 0.6 is 0 Å². The van der Waals surface area contributed by atoms with Crippen LogP contribution in [-0.2, 0) is 11.3 Å². The molecular formula is C14H20N2O2. The number of carbonyl (C=O) groups is 1. The summed E-state index contributed by atoms with van der Waals surface area (Å²) in [7, 11) is 1.67. The van der Waals surface area contributed by atoms with E-state index >= 15 is 0 Å². The van der Waals surface area contributed by atoms with Gasteiger partial charge < -0.3 is 9.53 Å². The number of aryl methyl sites for hydroxylation is 1. The summed E-state index contributed by atoms with van der Waals surface area (Å²) in [5.74, 6) is 1.11. The molecule has 0 bridgehead atoms. The molecule has 0 aliphatic carbocycles. The van der Waals surface area contributed by atoms with Crippen LogP contribution in [0.1, 0.15) is 24.2 Å². The van der Waals surface area contributed by atoms with Gasteiger partial charge in [0, 0.05) is 30.3 Å². The molecule has 18 heavy (non-hydrogen) atoms. The smallest absolute Gasteiger partial charge is 0.123 e. The van der Waals surface area contributed by atoms with Gasteiger partial charge in [-0.25, -0.2) is 0 Å². The molecule has 1 aliphatic heterocycles. The van der Waals surface area contributed by atoms with E-state index in [0.717, 1.165) is 55.9 Å². The zero-order chi connectivity index (χ0) is 13.0. The van der Waals surface area contributed by atoms with Crippen molar-refractivity contribution in [1.29, 1.82) is 0 Å². The van der Waals surface area contributed by atoms with Gasteiger partial charge in [0.25, 0.3) is 0 Å². The molecule has 0 aromatic carbocycles. The Kier molecular flexibility index (Phi) is 4.31. The molecule has 4 heteroatoms.